The number of carboxylic acids is 1. The first-order chi connectivity index (χ1) is 17.1. The quantitative estimate of drug-likeness (QED) is 0.469. The van der Waals surface area contributed by atoms with E-state index in [1.54, 1.807) is 0 Å². The van der Waals surface area contributed by atoms with E-state index < -0.39 is 61.4 Å². The highest BCUT2D eigenvalue weighted by atomic mass is 16.7. The molecule has 12 atom stereocenters. The largest absolute Gasteiger partial charge is 0.479 e. The van der Waals surface area contributed by atoms with Crippen molar-refractivity contribution < 1.29 is 46.3 Å². The number of aliphatic hydroxyl groups is 3. The molecule has 1 aliphatic heterocycles. The molecule has 4 saturated carbocycles. The van der Waals surface area contributed by atoms with Crippen molar-refractivity contribution in [3.63, 3.8) is 0 Å². The molecule has 0 bridgehead atoms. The summed E-state index contributed by atoms with van der Waals surface area (Å²) in [4.78, 5) is 24.1. The number of ketones is 1. The van der Waals surface area contributed by atoms with Crippen LogP contribution in [0.4, 0.5) is 0 Å². The van der Waals surface area contributed by atoms with Crippen molar-refractivity contribution in [2.45, 2.75) is 101 Å². The summed E-state index contributed by atoms with van der Waals surface area (Å²) in [6.45, 7) is 2.03. The number of aliphatic hydroxyl groups excluding tert-OH is 3. The molecule has 4 aliphatic carbocycles. The molecule has 180 valence electrons. The van der Waals surface area contributed by atoms with E-state index in [1.807, 2.05) is 6.92 Å². The van der Waals surface area contributed by atoms with Gasteiger partial charge < -0.3 is 29.9 Å². The first kappa shape index (κ1) is 17.4. The van der Waals surface area contributed by atoms with E-state index in [4.69, 9.17) is 16.3 Å². The monoisotopic (exact) mass is 457 g/mol. The van der Waals surface area contributed by atoms with E-state index >= 15 is 0 Å². The molecule has 0 amide bonds. The molecule has 0 aromatic heterocycles. The Labute approximate surface area is 195 Å². The third-order valence-electron chi connectivity index (χ3n) is 8.94. The number of Topliss-reactive ketones (excluding diaryl/α,β-unsaturated/α-hetero) is 1. The molecule has 2 unspecified atom stereocenters. The van der Waals surface area contributed by atoms with Gasteiger partial charge in [-0.1, -0.05) is 6.92 Å². The normalized spacial score (nSPS) is 61.0. The Bertz CT molecular complexity index is 965. The smallest absolute Gasteiger partial charge is 0.335 e. The number of aliphatic carboxylic acids is 1. The van der Waals surface area contributed by atoms with E-state index in [0.29, 0.717) is 32.1 Å². The molecule has 5 fully saturated rings. The van der Waals surface area contributed by atoms with Gasteiger partial charge in [-0.3, -0.25) is 4.79 Å². The van der Waals surface area contributed by atoms with Gasteiger partial charge in [-0.2, -0.15) is 0 Å². The van der Waals surface area contributed by atoms with Crippen molar-refractivity contribution in [1.29, 1.82) is 0 Å². The molecule has 0 aromatic rings. The van der Waals surface area contributed by atoms with Crippen LogP contribution in [0.1, 0.15) is 71.5 Å². The summed E-state index contributed by atoms with van der Waals surface area (Å²) < 4.78 is 55.2. The highest BCUT2D eigenvalue weighted by Gasteiger charge is 2.57. The summed E-state index contributed by atoms with van der Waals surface area (Å²) in [6, 6.07) is 0. The van der Waals surface area contributed by atoms with Crippen molar-refractivity contribution in [3.05, 3.63) is 0 Å². The highest BCUT2D eigenvalue weighted by molar-refractivity contribution is 5.87. The zero-order chi connectivity index (χ0) is 27.3. The van der Waals surface area contributed by atoms with E-state index in [1.165, 1.54) is 0 Å². The third-order valence-corrected chi connectivity index (χ3v) is 8.94. The molecule has 0 spiro atoms. The molecule has 1 heterocycles. The third kappa shape index (κ3) is 3.54. The van der Waals surface area contributed by atoms with Crippen molar-refractivity contribution in [2.75, 3.05) is 0 Å². The highest BCUT2D eigenvalue weighted by Crippen LogP contribution is 2.61. The molecular formula is C24H36O8. The number of ether oxygens (including phenoxy) is 2. The summed E-state index contributed by atoms with van der Waals surface area (Å²) >= 11 is 0. The van der Waals surface area contributed by atoms with Crippen LogP contribution >= 0.6 is 0 Å². The average Bonchev–Trinajstić information content (AvgIpc) is 3.12. The minimum atomic E-state index is -2.89. The van der Waals surface area contributed by atoms with Gasteiger partial charge in [0.15, 0.2) is 12.4 Å². The van der Waals surface area contributed by atoms with Gasteiger partial charge in [-0.15, -0.1) is 0 Å². The van der Waals surface area contributed by atoms with Crippen LogP contribution in [0.5, 0.6) is 0 Å². The van der Waals surface area contributed by atoms with Crippen LogP contribution in [-0.4, -0.2) is 69.0 Å². The second kappa shape index (κ2) is 8.31. The molecule has 8 nitrogen and oxygen atoms in total. The number of carbonyl (C=O) groups is 2. The second-order valence-corrected chi connectivity index (χ2v) is 10.4. The molecule has 0 radical (unpaired) electrons. The Kier molecular flexibility index (Phi) is 4.51. The van der Waals surface area contributed by atoms with Crippen LogP contribution in [0, 0.1) is 35.0 Å². The van der Waals surface area contributed by atoms with Crippen LogP contribution < -0.4 is 0 Å². The van der Waals surface area contributed by atoms with Crippen LogP contribution in [-0.2, 0) is 19.1 Å². The average molecular weight is 458 g/mol. The predicted molar refractivity (Wildman–Crippen MR) is 111 cm³/mol. The lowest BCUT2D eigenvalue weighted by molar-refractivity contribution is -0.308. The van der Waals surface area contributed by atoms with Gasteiger partial charge in [0.25, 0.3) is 0 Å². The molecule has 1 saturated heterocycles. The fourth-order valence-corrected chi connectivity index (χ4v) is 7.16. The molecule has 32 heavy (non-hydrogen) atoms. The number of carboxylic acid groups (broad SMARTS) is 1. The van der Waals surface area contributed by atoms with Gasteiger partial charge in [0.1, 0.15) is 24.1 Å². The maximum Gasteiger partial charge on any atom is 0.335 e. The zero-order valence-electron chi connectivity index (χ0n) is 23.1. The van der Waals surface area contributed by atoms with Crippen LogP contribution in [0.2, 0.25) is 0 Å². The summed E-state index contributed by atoms with van der Waals surface area (Å²) in [5.41, 5.74) is -0.371. The molecule has 5 rings (SSSR count). The molecule has 4 N–H and O–H groups in total. The number of carbonyl (C=O) groups excluding carboxylic acids is 1. The van der Waals surface area contributed by atoms with E-state index in [-0.39, 0.29) is 41.3 Å². The first-order valence-corrected chi connectivity index (χ1v) is 11.7. The van der Waals surface area contributed by atoms with Crippen molar-refractivity contribution in [2.24, 2.45) is 35.0 Å². The van der Waals surface area contributed by atoms with Crippen molar-refractivity contribution in [1.82, 2.24) is 0 Å². The van der Waals surface area contributed by atoms with E-state index in [2.05, 4.69) is 0 Å². The number of hydrogen-bond donors (Lipinski definition) is 4. The van der Waals surface area contributed by atoms with Crippen molar-refractivity contribution >= 4 is 11.8 Å². The van der Waals surface area contributed by atoms with Crippen LogP contribution in [0.3, 0.4) is 0 Å². The topological polar surface area (TPSA) is 134 Å². The molecule has 5 aliphatic rings. The lowest BCUT2D eigenvalue weighted by Crippen LogP contribution is -2.61. The van der Waals surface area contributed by atoms with Crippen LogP contribution in [0.25, 0.3) is 0 Å². The first-order valence-electron chi connectivity index (χ1n) is 14.2. The number of fused-ring (bicyclic) bond motifs is 5. The fraction of sp³-hybridized carbons (Fsp3) is 0.917. The van der Waals surface area contributed by atoms with E-state index in [9.17, 15) is 30.0 Å². The summed E-state index contributed by atoms with van der Waals surface area (Å²) in [7, 11) is 0. The lowest BCUT2D eigenvalue weighted by atomic mass is 9.50. The maximum atomic E-state index is 12.6. The Hall–Kier alpha value is -1.06. The Balaban J connectivity index is 1.43. The number of rotatable bonds is 3. The van der Waals surface area contributed by atoms with Gasteiger partial charge in [0.2, 0.25) is 0 Å². The second-order valence-electron chi connectivity index (χ2n) is 10.4. The molecule has 0 aromatic carbocycles. The van der Waals surface area contributed by atoms with Crippen molar-refractivity contribution in [3.8, 4) is 0 Å². The minimum absolute atomic E-state index is 0.0160. The van der Waals surface area contributed by atoms with Gasteiger partial charge in [-0.05, 0) is 80.9 Å². The Morgan fingerprint density at radius 2 is 1.88 bits per heavy atom. The lowest BCUT2D eigenvalue weighted by Gasteiger charge is -2.55. The van der Waals surface area contributed by atoms with Gasteiger partial charge in [-0.25, -0.2) is 4.79 Å². The zero-order valence-corrected chi connectivity index (χ0v) is 18.1. The Morgan fingerprint density at radius 1 is 1.09 bits per heavy atom. The van der Waals surface area contributed by atoms with E-state index in [0.717, 1.165) is 6.42 Å². The van der Waals surface area contributed by atoms with Gasteiger partial charge >= 0.3 is 5.97 Å². The fourth-order valence-electron chi connectivity index (χ4n) is 7.16. The van der Waals surface area contributed by atoms with Gasteiger partial charge in [0.05, 0.1) is 7.45 Å². The maximum absolute atomic E-state index is 12.6. The van der Waals surface area contributed by atoms with Gasteiger partial charge in [0, 0.05) is 17.3 Å². The standard InChI is InChI=1S/C24H36O8/c1-24-9-8-14-13-5-3-12(10-11(13)2-4-15(14)16(24)6-7-17(24)25)31-23-20(28)18(26)19(27)21(32-23)22(29)30/h11-16,18-21,23,26-28H,2-10H2,1H3,(H,29,30)/t11-,12+,13-,14+,15+,16-,18?,19-,20?,21-,23+,24-/m0/s1/i3D2,10D2,12D. The summed E-state index contributed by atoms with van der Waals surface area (Å²) in [6.07, 6.45) is -14.5. The summed E-state index contributed by atoms with van der Waals surface area (Å²) in [5.74, 6) is -2.08. The minimum Gasteiger partial charge on any atom is -0.479 e. The Morgan fingerprint density at radius 3 is 2.62 bits per heavy atom. The predicted octanol–water partition coefficient (Wildman–Crippen LogP) is 1.49. The SMILES string of the molecule is [2H]C1([2H])C[C@@H]2[C@H]3CC[C@]4(C)C(=O)CC[C@H]4[C@@H]3CC[C@H]2C([2H])([2H])[C@]1([2H])O[C@@H]1O[C@H](C(=O)O)[C@@H](O)C(O)C1O. The van der Waals surface area contributed by atoms with Crippen LogP contribution in [0.15, 0.2) is 0 Å². The molecule has 8 heteroatoms. The molecular weight excluding hydrogens is 416 g/mol. The number of hydrogen-bond acceptors (Lipinski definition) is 7. The summed E-state index contributed by atoms with van der Waals surface area (Å²) in [5, 5.41) is 39.8.